The Morgan fingerprint density at radius 3 is 2.17 bits per heavy atom. The molecule has 0 aromatic carbocycles. The van der Waals surface area contributed by atoms with Gasteiger partial charge in [-0.15, -0.1) is 0 Å². The lowest BCUT2D eigenvalue weighted by atomic mass is 9.92. The summed E-state index contributed by atoms with van der Waals surface area (Å²) in [4.78, 5) is 0. The van der Waals surface area contributed by atoms with Crippen molar-refractivity contribution in [2.24, 2.45) is 5.92 Å². The van der Waals surface area contributed by atoms with Crippen LogP contribution in [0.25, 0.3) is 0 Å². The fourth-order valence-corrected chi connectivity index (χ4v) is 3.94. The molecule has 0 bridgehead atoms. The van der Waals surface area contributed by atoms with Crippen LogP contribution in [0, 0.1) is 5.92 Å². The fourth-order valence-electron chi connectivity index (χ4n) is 2.19. The molecule has 2 aliphatic heterocycles. The molecular weight excluding hydrogens is 174 g/mol. The first kappa shape index (κ1) is 8.51. The number of hydrogen-bond acceptors (Lipinski definition) is 3. The van der Waals surface area contributed by atoms with Crippen LogP contribution in [0.3, 0.4) is 0 Å². The van der Waals surface area contributed by atoms with Gasteiger partial charge < -0.3 is 5.32 Å². The lowest BCUT2D eigenvalue weighted by Crippen LogP contribution is -2.45. The van der Waals surface area contributed by atoms with Gasteiger partial charge in [0.2, 0.25) is 0 Å². The maximum absolute atomic E-state index is 11.3. The standard InChI is InChI=1S/C8H15NO2S/c10-12(11)6-3-8(12)7-1-4-9-5-2-7/h7-9H,1-6H2. The Kier molecular flexibility index (Phi) is 2.12. The van der Waals surface area contributed by atoms with E-state index in [2.05, 4.69) is 5.32 Å². The zero-order chi connectivity index (χ0) is 8.60. The van der Waals surface area contributed by atoms with Gasteiger partial charge in [-0.3, -0.25) is 0 Å². The van der Waals surface area contributed by atoms with Crippen molar-refractivity contribution in [2.45, 2.75) is 24.5 Å². The quantitative estimate of drug-likeness (QED) is 0.640. The Morgan fingerprint density at radius 1 is 1.08 bits per heavy atom. The van der Waals surface area contributed by atoms with Crippen molar-refractivity contribution in [3.63, 3.8) is 0 Å². The SMILES string of the molecule is O=S1(=O)CCC1C1CCNCC1. The summed E-state index contributed by atoms with van der Waals surface area (Å²) >= 11 is 0. The average Bonchev–Trinajstić information content (AvgIpc) is 2.05. The summed E-state index contributed by atoms with van der Waals surface area (Å²) in [5, 5.41) is 3.26. The molecule has 2 rings (SSSR count). The molecule has 0 aromatic heterocycles. The van der Waals surface area contributed by atoms with Crippen molar-refractivity contribution in [1.29, 1.82) is 0 Å². The number of piperidine rings is 1. The molecule has 0 saturated carbocycles. The Labute approximate surface area is 73.5 Å². The third kappa shape index (κ3) is 1.38. The van der Waals surface area contributed by atoms with Gasteiger partial charge in [-0.1, -0.05) is 0 Å². The van der Waals surface area contributed by atoms with Crippen LogP contribution in [0.1, 0.15) is 19.3 Å². The predicted octanol–water partition coefficient (Wildman–Crippen LogP) is 0.173. The molecule has 1 atom stereocenters. The summed E-state index contributed by atoms with van der Waals surface area (Å²) in [5.41, 5.74) is 0. The monoisotopic (exact) mass is 189 g/mol. The lowest BCUT2D eigenvalue weighted by Gasteiger charge is -2.35. The molecule has 2 aliphatic rings. The molecular formula is C8H15NO2S. The van der Waals surface area contributed by atoms with Gasteiger partial charge in [0.15, 0.2) is 9.84 Å². The smallest absolute Gasteiger partial charge is 0.153 e. The van der Waals surface area contributed by atoms with Gasteiger partial charge in [-0.05, 0) is 38.3 Å². The second-order valence-electron chi connectivity index (χ2n) is 3.78. The largest absolute Gasteiger partial charge is 0.317 e. The molecule has 2 fully saturated rings. The van der Waals surface area contributed by atoms with E-state index in [-0.39, 0.29) is 5.25 Å². The van der Waals surface area contributed by atoms with Crippen LogP contribution in [0.2, 0.25) is 0 Å². The highest BCUT2D eigenvalue weighted by Gasteiger charge is 2.41. The van der Waals surface area contributed by atoms with Crippen molar-refractivity contribution in [3.8, 4) is 0 Å². The molecule has 0 aromatic rings. The summed E-state index contributed by atoms with van der Waals surface area (Å²) in [6, 6.07) is 0. The topological polar surface area (TPSA) is 46.2 Å². The van der Waals surface area contributed by atoms with Gasteiger partial charge in [-0.25, -0.2) is 8.42 Å². The van der Waals surface area contributed by atoms with Gasteiger partial charge in [0.1, 0.15) is 0 Å². The Hall–Kier alpha value is -0.0900. The summed E-state index contributed by atoms with van der Waals surface area (Å²) in [6.07, 6.45) is 3.00. The molecule has 1 N–H and O–H groups in total. The maximum atomic E-state index is 11.3. The van der Waals surface area contributed by atoms with Gasteiger partial charge in [-0.2, -0.15) is 0 Å². The van der Waals surface area contributed by atoms with Crippen LogP contribution in [0.5, 0.6) is 0 Å². The van der Waals surface area contributed by atoms with Gasteiger partial charge in [0, 0.05) is 0 Å². The highest BCUT2D eigenvalue weighted by atomic mass is 32.2. The summed E-state index contributed by atoms with van der Waals surface area (Å²) in [7, 11) is -2.65. The van der Waals surface area contributed by atoms with E-state index in [0.29, 0.717) is 11.7 Å². The van der Waals surface area contributed by atoms with Crippen molar-refractivity contribution >= 4 is 9.84 Å². The second-order valence-corrected chi connectivity index (χ2v) is 6.12. The van der Waals surface area contributed by atoms with Crippen LogP contribution in [-0.4, -0.2) is 32.5 Å². The van der Waals surface area contributed by atoms with Gasteiger partial charge in [0.25, 0.3) is 0 Å². The van der Waals surface area contributed by atoms with Crippen LogP contribution in [-0.2, 0) is 9.84 Å². The molecule has 0 spiro atoms. The Bertz CT molecular complexity index is 254. The predicted molar refractivity (Wildman–Crippen MR) is 47.8 cm³/mol. The molecule has 2 saturated heterocycles. The third-order valence-electron chi connectivity index (χ3n) is 3.06. The molecule has 3 nitrogen and oxygen atoms in total. The number of nitrogens with one attached hydrogen (secondary N) is 1. The number of sulfone groups is 1. The van der Waals surface area contributed by atoms with E-state index in [4.69, 9.17) is 0 Å². The summed E-state index contributed by atoms with van der Waals surface area (Å²) in [5.74, 6) is 0.881. The van der Waals surface area contributed by atoms with E-state index in [1.54, 1.807) is 0 Å². The molecule has 70 valence electrons. The highest BCUT2D eigenvalue weighted by Crippen LogP contribution is 2.32. The van der Waals surface area contributed by atoms with Crippen molar-refractivity contribution < 1.29 is 8.42 Å². The molecule has 0 amide bonds. The van der Waals surface area contributed by atoms with Crippen molar-refractivity contribution in [2.75, 3.05) is 18.8 Å². The first-order valence-corrected chi connectivity index (χ1v) is 6.34. The normalized spacial score (nSPS) is 35.8. The minimum atomic E-state index is -2.65. The zero-order valence-corrected chi connectivity index (χ0v) is 7.94. The first-order valence-electron chi connectivity index (χ1n) is 4.62. The van der Waals surface area contributed by atoms with E-state index in [1.165, 1.54) is 0 Å². The first-order chi connectivity index (χ1) is 5.70. The van der Waals surface area contributed by atoms with E-state index < -0.39 is 9.84 Å². The van der Waals surface area contributed by atoms with Crippen molar-refractivity contribution in [1.82, 2.24) is 5.32 Å². The second kappa shape index (κ2) is 3.00. The number of rotatable bonds is 1. The highest BCUT2D eigenvalue weighted by molar-refractivity contribution is 7.93. The Morgan fingerprint density at radius 2 is 1.75 bits per heavy atom. The van der Waals surface area contributed by atoms with Crippen LogP contribution in [0.4, 0.5) is 0 Å². The zero-order valence-electron chi connectivity index (χ0n) is 7.12. The lowest BCUT2D eigenvalue weighted by molar-refractivity contribution is 0.337. The number of hydrogen-bond donors (Lipinski definition) is 1. The third-order valence-corrected chi connectivity index (χ3v) is 5.41. The van der Waals surface area contributed by atoms with Crippen LogP contribution < -0.4 is 5.32 Å². The minimum absolute atomic E-state index is 0.0135. The molecule has 1 unspecified atom stereocenters. The fraction of sp³-hybridized carbons (Fsp3) is 1.00. The molecule has 0 aliphatic carbocycles. The molecule has 12 heavy (non-hydrogen) atoms. The maximum Gasteiger partial charge on any atom is 0.153 e. The Balaban J connectivity index is 2.00. The van der Waals surface area contributed by atoms with Crippen LogP contribution >= 0.6 is 0 Å². The summed E-state index contributed by atoms with van der Waals surface area (Å²) in [6.45, 7) is 1.99. The van der Waals surface area contributed by atoms with Gasteiger partial charge in [0.05, 0.1) is 11.0 Å². The van der Waals surface area contributed by atoms with Crippen LogP contribution in [0.15, 0.2) is 0 Å². The van der Waals surface area contributed by atoms with Crippen molar-refractivity contribution in [3.05, 3.63) is 0 Å². The minimum Gasteiger partial charge on any atom is -0.317 e. The molecule has 2 heterocycles. The van der Waals surface area contributed by atoms with E-state index in [0.717, 1.165) is 32.4 Å². The van der Waals surface area contributed by atoms with E-state index in [1.807, 2.05) is 0 Å². The molecule has 4 heteroatoms. The summed E-state index contributed by atoms with van der Waals surface area (Å²) < 4.78 is 22.6. The molecule has 0 radical (unpaired) electrons. The average molecular weight is 189 g/mol. The van der Waals surface area contributed by atoms with E-state index in [9.17, 15) is 8.42 Å². The van der Waals surface area contributed by atoms with E-state index >= 15 is 0 Å². The van der Waals surface area contributed by atoms with Gasteiger partial charge >= 0.3 is 0 Å².